The van der Waals surface area contributed by atoms with E-state index in [1.54, 1.807) is 30.3 Å². The van der Waals surface area contributed by atoms with Crippen LogP contribution in [0.15, 0.2) is 108 Å². The third-order valence-electron chi connectivity index (χ3n) is 5.92. The Balaban J connectivity index is 1.75. The summed E-state index contributed by atoms with van der Waals surface area (Å²) >= 11 is 0. The van der Waals surface area contributed by atoms with E-state index in [1.165, 1.54) is 6.07 Å². The van der Waals surface area contributed by atoms with Crippen LogP contribution >= 0.6 is 0 Å². The molecule has 4 aromatic carbocycles. The summed E-state index contributed by atoms with van der Waals surface area (Å²) in [5, 5.41) is 0. The number of sulfonamides is 1. The zero-order valence-electron chi connectivity index (χ0n) is 18.0. The van der Waals surface area contributed by atoms with E-state index in [0.29, 0.717) is 11.1 Å². The minimum Gasteiger partial charge on any atom is -0.207 e. The number of hydrogen-bond acceptors (Lipinski definition) is 2. The van der Waals surface area contributed by atoms with Gasteiger partial charge in [0.2, 0.25) is 10.0 Å². The van der Waals surface area contributed by atoms with Crippen LogP contribution in [0.5, 0.6) is 0 Å². The normalized spacial score (nSPS) is 15.5. The molecule has 1 aliphatic rings. The standard InChI is InChI=1S/C28H22FNO2S/c1-19-15-17-22(18-16-19)33(31,32)30-28-26(21-11-6-3-7-12-21)25(20-9-4-2-5-10-20)23-13-8-14-24(29)27(23)28/h2-18,28,30H,1H3. The summed E-state index contributed by atoms with van der Waals surface area (Å²) in [7, 11) is -3.92. The van der Waals surface area contributed by atoms with Gasteiger partial charge in [-0.1, -0.05) is 90.5 Å². The zero-order chi connectivity index (χ0) is 23.0. The van der Waals surface area contributed by atoms with Gasteiger partial charge in [-0.15, -0.1) is 0 Å². The van der Waals surface area contributed by atoms with Crippen molar-refractivity contribution < 1.29 is 12.8 Å². The Labute approximate surface area is 193 Å². The summed E-state index contributed by atoms with van der Waals surface area (Å²) in [6.45, 7) is 1.90. The molecule has 1 N–H and O–H groups in total. The molecule has 0 saturated heterocycles. The number of aryl methyl sites for hydroxylation is 1. The Morgan fingerprint density at radius 2 is 1.33 bits per heavy atom. The predicted octanol–water partition coefficient (Wildman–Crippen LogP) is 6.13. The lowest BCUT2D eigenvalue weighted by Gasteiger charge is -2.20. The minimum absolute atomic E-state index is 0.145. The van der Waals surface area contributed by atoms with E-state index in [0.717, 1.165) is 27.8 Å². The Morgan fingerprint density at radius 1 is 0.727 bits per heavy atom. The molecule has 1 aliphatic carbocycles. The number of nitrogens with one attached hydrogen (secondary N) is 1. The van der Waals surface area contributed by atoms with E-state index < -0.39 is 21.9 Å². The van der Waals surface area contributed by atoms with Crippen LogP contribution in [0.3, 0.4) is 0 Å². The Morgan fingerprint density at radius 3 is 1.97 bits per heavy atom. The van der Waals surface area contributed by atoms with E-state index >= 15 is 4.39 Å². The quantitative estimate of drug-likeness (QED) is 0.394. The van der Waals surface area contributed by atoms with Gasteiger partial charge in [-0.05, 0) is 53.0 Å². The van der Waals surface area contributed by atoms with Gasteiger partial charge in [0.05, 0.1) is 10.9 Å². The number of hydrogen-bond donors (Lipinski definition) is 1. The lowest BCUT2D eigenvalue weighted by molar-refractivity contribution is 0.566. The third-order valence-corrected chi connectivity index (χ3v) is 7.36. The second kappa shape index (κ2) is 8.43. The highest BCUT2D eigenvalue weighted by Crippen LogP contribution is 2.49. The summed E-state index contributed by atoms with van der Waals surface area (Å²) in [6, 6.07) is 29.9. The van der Waals surface area contributed by atoms with E-state index in [2.05, 4.69) is 4.72 Å². The van der Waals surface area contributed by atoms with Crippen LogP contribution in [0.4, 0.5) is 4.39 Å². The number of rotatable bonds is 5. The first-order valence-corrected chi connectivity index (χ1v) is 12.2. The van der Waals surface area contributed by atoms with Crippen molar-refractivity contribution in [2.45, 2.75) is 17.9 Å². The molecular weight excluding hydrogens is 433 g/mol. The van der Waals surface area contributed by atoms with Crippen molar-refractivity contribution in [1.82, 2.24) is 4.72 Å². The lowest BCUT2D eigenvalue weighted by Crippen LogP contribution is -2.29. The van der Waals surface area contributed by atoms with Gasteiger partial charge >= 0.3 is 0 Å². The lowest BCUT2D eigenvalue weighted by atomic mass is 9.93. The molecule has 0 aromatic heterocycles. The molecule has 0 saturated carbocycles. The van der Waals surface area contributed by atoms with E-state index in [-0.39, 0.29) is 4.90 Å². The molecule has 4 aromatic rings. The molecule has 0 fully saturated rings. The topological polar surface area (TPSA) is 46.2 Å². The maximum atomic E-state index is 15.3. The second-order valence-electron chi connectivity index (χ2n) is 8.09. The van der Waals surface area contributed by atoms with Crippen LogP contribution in [0.1, 0.15) is 33.9 Å². The summed E-state index contributed by atoms with van der Waals surface area (Å²) in [5.41, 5.74) is 5.29. The molecule has 5 heteroatoms. The average Bonchev–Trinajstić information content (AvgIpc) is 3.15. The molecular formula is C28H22FNO2S. The van der Waals surface area contributed by atoms with Crippen molar-refractivity contribution in [2.75, 3.05) is 0 Å². The first-order chi connectivity index (χ1) is 16.0. The van der Waals surface area contributed by atoms with Crippen LogP contribution in [-0.2, 0) is 10.0 Å². The molecule has 0 amide bonds. The summed E-state index contributed by atoms with van der Waals surface area (Å²) in [4.78, 5) is 0.145. The Bertz CT molecular complexity index is 1450. The van der Waals surface area contributed by atoms with E-state index in [1.807, 2.05) is 73.7 Å². The molecule has 3 nitrogen and oxygen atoms in total. The fourth-order valence-corrected chi connectivity index (χ4v) is 5.56. The average molecular weight is 456 g/mol. The van der Waals surface area contributed by atoms with Gasteiger partial charge in [-0.3, -0.25) is 0 Å². The molecule has 1 unspecified atom stereocenters. The molecule has 0 heterocycles. The van der Waals surface area contributed by atoms with Gasteiger partial charge in [0.1, 0.15) is 5.82 Å². The van der Waals surface area contributed by atoms with Gasteiger partial charge in [-0.25, -0.2) is 12.8 Å². The molecule has 0 bridgehead atoms. The van der Waals surface area contributed by atoms with Gasteiger partial charge in [0.15, 0.2) is 0 Å². The van der Waals surface area contributed by atoms with E-state index in [9.17, 15) is 8.42 Å². The summed E-state index contributed by atoms with van der Waals surface area (Å²) in [6.07, 6.45) is 0. The fourth-order valence-electron chi connectivity index (χ4n) is 4.39. The highest BCUT2D eigenvalue weighted by atomic mass is 32.2. The summed E-state index contributed by atoms with van der Waals surface area (Å²) in [5.74, 6) is -0.441. The fraction of sp³-hybridized carbons (Fsp3) is 0.0714. The van der Waals surface area contributed by atoms with Crippen molar-refractivity contribution in [3.8, 4) is 0 Å². The van der Waals surface area contributed by atoms with Crippen molar-refractivity contribution >= 4 is 21.2 Å². The highest BCUT2D eigenvalue weighted by molar-refractivity contribution is 7.89. The molecule has 0 radical (unpaired) electrons. The maximum absolute atomic E-state index is 15.3. The predicted molar refractivity (Wildman–Crippen MR) is 129 cm³/mol. The zero-order valence-corrected chi connectivity index (χ0v) is 18.8. The van der Waals surface area contributed by atoms with E-state index in [4.69, 9.17) is 0 Å². The first kappa shape index (κ1) is 21.3. The molecule has 164 valence electrons. The second-order valence-corrected chi connectivity index (χ2v) is 9.80. The van der Waals surface area contributed by atoms with Gasteiger partial charge in [-0.2, -0.15) is 4.72 Å². The van der Waals surface area contributed by atoms with Crippen molar-refractivity contribution in [3.05, 3.63) is 137 Å². The highest BCUT2D eigenvalue weighted by Gasteiger charge is 2.37. The number of fused-ring (bicyclic) bond motifs is 1. The smallest absolute Gasteiger partial charge is 0.207 e. The Kier molecular flexibility index (Phi) is 5.44. The van der Waals surface area contributed by atoms with Gasteiger partial charge in [0.25, 0.3) is 0 Å². The molecule has 33 heavy (non-hydrogen) atoms. The van der Waals surface area contributed by atoms with Crippen LogP contribution < -0.4 is 4.72 Å². The van der Waals surface area contributed by atoms with Crippen LogP contribution in [0.25, 0.3) is 11.1 Å². The first-order valence-electron chi connectivity index (χ1n) is 10.7. The third kappa shape index (κ3) is 3.90. The van der Waals surface area contributed by atoms with Crippen LogP contribution in [0, 0.1) is 12.7 Å². The van der Waals surface area contributed by atoms with Gasteiger partial charge < -0.3 is 0 Å². The number of halogens is 1. The maximum Gasteiger partial charge on any atom is 0.241 e. The Hall–Kier alpha value is -3.54. The van der Waals surface area contributed by atoms with Crippen LogP contribution in [-0.4, -0.2) is 8.42 Å². The molecule has 0 spiro atoms. The number of benzene rings is 4. The molecule has 1 atom stereocenters. The van der Waals surface area contributed by atoms with Crippen molar-refractivity contribution in [3.63, 3.8) is 0 Å². The largest absolute Gasteiger partial charge is 0.241 e. The summed E-state index contributed by atoms with van der Waals surface area (Å²) < 4.78 is 44.9. The molecule has 0 aliphatic heterocycles. The van der Waals surface area contributed by atoms with Gasteiger partial charge in [0, 0.05) is 5.56 Å². The molecule has 5 rings (SSSR count). The monoisotopic (exact) mass is 455 g/mol. The SMILES string of the molecule is Cc1ccc(S(=O)(=O)NC2C(c3ccccc3)=C(c3ccccc3)c3cccc(F)c32)cc1. The van der Waals surface area contributed by atoms with Crippen molar-refractivity contribution in [1.29, 1.82) is 0 Å². The van der Waals surface area contributed by atoms with Crippen LogP contribution in [0.2, 0.25) is 0 Å². The van der Waals surface area contributed by atoms with Crippen molar-refractivity contribution in [2.24, 2.45) is 0 Å². The minimum atomic E-state index is -3.92.